The Morgan fingerprint density at radius 1 is 1.10 bits per heavy atom. The smallest absolute Gasteiger partial charge is 0.333 e. The van der Waals surface area contributed by atoms with Crippen LogP contribution < -0.4 is 15.4 Å². The number of carbonyl (C=O) groups excluding carboxylic acids is 3. The Bertz CT molecular complexity index is 1110. The molecule has 0 radical (unpaired) electrons. The first kappa shape index (κ1) is 20.1. The van der Waals surface area contributed by atoms with Crippen molar-refractivity contribution >= 4 is 34.1 Å². The second-order valence-corrected chi connectivity index (χ2v) is 8.91. The third-order valence-electron chi connectivity index (χ3n) is 5.37. The van der Waals surface area contributed by atoms with Crippen LogP contribution in [0, 0.1) is 0 Å². The maximum Gasteiger partial charge on any atom is 0.333 e. The summed E-state index contributed by atoms with van der Waals surface area (Å²) in [5.41, 5.74) is 5.33. The van der Waals surface area contributed by atoms with Gasteiger partial charge in [-0.15, -0.1) is 0 Å². The molecule has 0 fully saturated rings. The predicted octanol–water partition coefficient (Wildman–Crippen LogP) is 0.757. The number of aryl methyl sites for hydroxylation is 2. The van der Waals surface area contributed by atoms with Gasteiger partial charge in [-0.3, -0.25) is 9.59 Å². The molecule has 158 valence electrons. The van der Waals surface area contributed by atoms with E-state index in [0.717, 1.165) is 72.3 Å². The zero-order chi connectivity index (χ0) is 21.3. The Hall–Kier alpha value is -3.21. The van der Waals surface area contributed by atoms with E-state index in [1.165, 1.54) is 11.1 Å². The van der Waals surface area contributed by atoms with Crippen LogP contribution >= 0.6 is 0 Å². The van der Waals surface area contributed by atoms with E-state index < -0.39 is 27.0 Å². The lowest BCUT2D eigenvalue weighted by Gasteiger charge is -2.16. The number of benzene rings is 1. The highest BCUT2D eigenvalue weighted by Gasteiger charge is 2.27. The number of fused-ring (bicyclic) bond motifs is 2. The van der Waals surface area contributed by atoms with Crippen LogP contribution in [0.1, 0.15) is 39.9 Å². The summed E-state index contributed by atoms with van der Waals surface area (Å²) in [6.45, 7) is -0.331. The van der Waals surface area contributed by atoms with Gasteiger partial charge in [0.15, 0.2) is 5.03 Å². The summed E-state index contributed by atoms with van der Waals surface area (Å²) in [4.78, 5) is 34.6. The largest absolute Gasteiger partial charge is 0.350 e. The second kappa shape index (κ2) is 7.90. The molecule has 0 unspecified atom stereocenters. The first-order valence-electron chi connectivity index (χ1n) is 9.65. The Labute approximate surface area is 173 Å². The highest BCUT2D eigenvalue weighted by Crippen LogP contribution is 2.38. The molecule has 2 aromatic rings. The number of aromatic nitrogens is 2. The number of urea groups is 1. The van der Waals surface area contributed by atoms with E-state index in [1.807, 2.05) is 4.72 Å². The maximum atomic E-state index is 12.5. The third kappa shape index (κ3) is 3.80. The summed E-state index contributed by atoms with van der Waals surface area (Å²) in [7, 11) is -4.28. The molecule has 0 saturated carbocycles. The fourth-order valence-corrected chi connectivity index (χ4v) is 4.92. The van der Waals surface area contributed by atoms with Crippen LogP contribution in [0.2, 0.25) is 0 Å². The Morgan fingerprint density at radius 3 is 2.40 bits per heavy atom. The average Bonchev–Trinajstić information content (AvgIpc) is 3.44. The van der Waals surface area contributed by atoms with Gasteiger partial charge in [-0.1, -0.05) is 6.07 Å². The van der Waals surface area contributed by atoms with Crippen LogP contribution in [0.25, 0.3) is 0 Å². The van der Waals surface area contributed by atoms with E-state index >= 15 is 0 Å². The molecule has 0 atom stereocenters. The number of hydrogen-bond donors (Lipinski definition) is 3. The number of anilines is 1. The Balaban J connectivity index is 1.51. The standard InChI is InChI=1S/C19H21N5O5S/c25-11-20-10-17(26)24-8-7-16(22-24)30(28,29)23-19(27)21-18-14-5-1-3-12(14)9-13-4-2-6-15(13)18/h7-9,11H,1-6,10H2,(H,20,25)(H2,21,23,27). The molecule has 11 heteroatoms. The van der Waals surface area contributed by atoms with E-state index in [0.29, 0.717) is 6.41 Å². The zero-order valence-electron chi connectivity index (χ0n) is 16.1. The molecule has 3 amide bonds. The fourth-order valence-electron chi connectivity index (χ4n) is 4.08. The van der Waals surface area contributed by atoms with Crippen LogP contribution in [0.3, 0.4) is 0 Å². The lowest BCUT2D eigenvalue weighted by Crippen LogP contribution is -2.35. The molecule has 0 bridgehead atoms. The van der Waals surface area contributed by atoms with Crippen molar-refractivity contribution in [3.8, 4) is 0 Å². The molecule has 1 heterocycles. The predicted molar refractivity (Wildman–Crippen MR) is 107 cm³/mol. The SMILES string of the molecule is O=CNCC(=O)n1ccc(S(=O)(=O)NC(=O)Nc2c3c(cc4c2CCC4)CCC3)n1. The first-order chi connectivity index (χ1) is 14.4. The molecular formula is C19H21N5O5S. The molecule has 3 N–H and O–H groups in total. The van der Waals surface area contributed by atoms with Crippen molar-refractivity contribution < 1.29 is 22.8 Å². The molecule has 0 saturated heterocycles. The maximum absolute atomic E-state index is 12.5. The van der Waals surface area contributed by atoms with E-state index in [-0.39, 0.29) is 6.54 Å². The summed E-state index contributed by atoms with van der Waals surface area (Å²) in [6, 6.07) is 2.45. The number of hydrogen-bond acceptors (Lipinski definition) is 6. The van der Waals surface area contributed by atoms with Gasteiger partial charge in [0.25, 0.3) is 15.9 Å². The summed E-state index contributed by atoms with van der Waals surface area (Å²) < 4.78 is 27.8. The van der Waals surface area contributed by atoms with Gasteiger partial charge in [-0.2, -0.15) is 13.5 Å². The minimum atomic E-state index is -4.28. The number of sulfonamides is 1. The van der Waals surface area contributed by atoms with E-state index in [9.17, 15) is 22.8 Å². The summed E-state index contributed by atoms with van der Waals surface area (Å²) in [5.74, 6) is -0.622. The van der Waals surface area contributed by atoms with Crippen molar-refractivity contribution in [1.29, 1.82) is 0 Å². The number of nitrogens with zero attached hydrogens (tertiary/aromatic N) is 2. The minimum Gasteiger partial charge on any atom is -0.350 e. The number of rotatable bonds is 6. The van der Waals surface area contributed by atoms with Crippen molar-refractivity contribution in [2.75, 3.05) is 11.9 Å². The number of nitrogens with one attached hydrogen (secondary N) is 3. The van der Waals surface area contributed by atoms with Gasteiger partial charge in [-0.05, 0) is 66.8 Å². The van der Waals surface area contributed by atoms with Crippen LogP contribution in [0.5, 0.6) is 0 Å². The van der Waals surface area contributed by atoms with Gasteiger partial charge >= 0.3 is 6.03 Å². The van der Waals surface area contributed by atoms with E-state index in [2.05, 4.69) is 21.8 Å². The summed E-state index contributed by atoms with van der Waals surface area (Å²) >= 11 is 0. The molecule has 4 rings (SSSR count). The molecule has 2 aliphatic rings. The van der Waals surface area contributed by atoms with Crippen LogP contribution in [0.15, 0.2) is 23.4 Å². The normalized spacial score (nSPS) is 14.7. The topological polar surface area (TPSA) is 139 Å². The monoisotopic (exact) mass is 431 g/mol. The molecule has 1 aromatic carbocycles. The number of amides is 3. The Morgan fingerprint density at radius 2 is 1.77 bits per heavy atom. The van der Waals surface area contributed by atoms with Gasteiger partial charge in [0.1, 0.15) is 0 Å². The highest BCUT2D eigenvalue weighted by molar-refractivity contribution is 7.90. The minimum absolute atomic E-state index is 0.331. The summed E-state index contributed by atoms with van der Waals surface area (Å²) in [6.07, 6.45) is 7.15. The van der Waals surface area contributed by atoms with Crippen LogP contribution in [-0.4, -0.2) is 43.1 Å². The molecule has 1 aromatic heterocycles. The van der Waals surface area contributed by atoms with Gasteiger partial charge < -0.3 is 10.6 Å². The van der Waals surface area contributed by atoms with E-state index in [4.69, 9.17) is 0 Å². The molecule has 0 spiro atoms. The third-order valence-corrected chi connectivity index (χ3v) is 6.59. The first-order valence-corrected chi connectivity index (χ1v) is 11.1. The molecular weight excluding hydrogens is 410 g/mol. The molecule has 0 aliphatic heterocycles. The van der Waals surface area contributed by atoms with Crippen molar-refractivity contribution in [2.24, 2.45) is 0 Å². The zero-order valence-corrected chi connectivity index (χ0v) is 16.9. The van der Waals surface area contributed by atoms with Crippen LogP contribution in [0.4, 0.5) is 10.5 Å². The van der Waals surface area contributed by atoms with Gasteiger partial charge in [0.2, 0.25) is 6.41 Å². The fraction of sp³-hybridized carbons (Fsp3) is 0.368. The second-order valence-electron chi connectivity index (χ2n) is 7.28. The molecule has 10 nitrogen and oxygen atoms in total. The Kier molecular flexibility index (Phi) is 5.29. The average molecular weight is 431 g/mol. The van der Waals surface area contributed by atoms with Crippen molar-refractivity contribution in [3.05, 3.63) is 40.6 Å². The quantitative estimate of drug-likeness (QED) is 0.577. The van der Waals surface area contributed by atoms with Crippen molar-refractivity contribution in [3.63, 3.8) is 0 Å². The lowest BCUT2D eigenvalue weighted by molar-refractivity contribution is -0.109. The lowest BCUT2D eigenvalue weighted by atomic mass is 9.99. The number of carbonyl (C=O) groups is 3. The van der Waals surface area contributed by atoms with E-state index in [1.54, 1.807) is 0 Å². The molecule has 2 aliphatic carbocycles. The van der Waals surface area contributed by atoms with Gasteiger partial charge in [0.05, 0.1) is 6.54 Å². The summed E-state index contributed by atoms with van der Waals surface area (Å²) in [5, 5.41) is 8.14. The molecule has 30 heavy (non-hydrogen) atoms. The van der Waals surface area contributed by atoms with Gasteiger partial charge in [0, 0.05) is 11.9 Å². The van der Waals surface area contributed by atoms with Gasteiger partial charge in [-0.25, -0.2) is 14.2 Å². The van der Waals surface area contributed by atoms with Crippen molar-refractivity contribution in [1.82, 2.24) is 19.8 Å². The van der Waals surface area contributed by atoms with Crippen molar-refractivity contribution in [2.45, 2.75) is 43.6 Å². The highest BCUT2D eigenvalue weighted by atomic mass is 32.2. The van der Waals surface area contributed by atoms with Crippen LogP contribution in [-0.2, 0) is 40.5 Å².